The van der Waals surface area contributed by atoms with E-state index >= 15 is 0 Å². The number of nitrogens with two attached hydrogens (primary N) is 1. The molecule has 2 unspecified atom stereocenters. The first-order valence-corrected chi connectivity index (χ1v) is 9.21. The van der Waals surface area contributed by atoms with Gasteiger partial charge in [0.25, 0.3) is 0 Å². The summed E-state index contributed by atoms with van der Waals surface area (Å²) in [5.74, 6) is 1.03. The molecule has 0 radical (unpaired) electrons. The second kappa shape index (κ2) is 5.80. The van der Waals surface area contributed by atoms with Crippen LogP contribution in [-0.4, -0.2) is 78.6 Å². The van der Waals surface area contributed by atoms with Crippen molar-refractivity contribution >= 4 is 0 Å². The average Bonchev–Trinajstić information content (AvgIpc) is 3.22. The fourth-order valence-corrected chi connectivity index (χ4v) is 4.99. The van der Waals surface area contributed by atoms with Gasteiger partial charge in [-0.3, -0.25) is 4.90 Å². The molecule has 4 rings (SSSR count). The summed E-state index contributed by atoms with van der Waals surface area (Å²) in [6, 6.07) is 0.826. The zero-order valence-corrected chi connectivity index (χ0v) is 13.5. The van der Waals surface area contributed by atoms with Crippen molar-refractivity contribution in [3.8, 4) is 0 Å². The Morgan fingerprint density at radius 3 is 2.48 bits per heavy atom. The molecule has 2 N–H and O–H groups in total. The maximum absolute atomic E-state index is 6.30. The molecule has 0 aromatic heterocycles. The Morgan fingerprint density at radius 1 is 0.952 bits per heavy atom. The number of nitrogens with zero attached hydrogens (tertiary/aromatic N) is 3. The van der Waals surface area contributed by atoms with Crippen molar-refractivity contribution in [3.05, 3.63) is 0 Å². The Bertz CT molecular complexity index is 362. The maximum Gasteiger partial charge on any atom is 0.0359 e. The minimum absolute atomic E-state index is 0.317. The molecular weight excluding hydrogens is 260 g/mol. The fourth-order valence-electron chi connectivity index (χ4n) is 4.99. The average molecular weight is 292 g/mol. The second-order valence-corrected chi connectivity index (χ2v) is 7.95. The van der Waals surface area contributed by atoms with Crippen molar-refractivity contribution in [3.63, 3.8) is 0 Å². The topological polar surface area (TPSA) is 35.7 Å². The lowest BCUT2D eigenvalue weighted by Gasteiger charge is -2.52. The van der Waals surface area contributed by atoms with Crippen LogP contribution in [0.15, 0.2) is 0 Å². The van der Waals surface area contributed by atoms with Crippen LogP contribution >= 0.6 is 0 Å². The largest absolute Gasteiger partial charge is 0.329 e. The number of hydrogen-bond acceptors (Lipinski definition) is 4. The molecule has 3 aliphatic heterocycles. The van der Waals surface area contributed by atoms with E-state index in [1.165, 1.54) is 84.3 Å². The summed E-state index contributed by atoms with van der Waals surface area (Å²) in [5.41, 5.74) is 6.62. The second-order valence-electron chi connectivity index (χ2n) is 7.95. The van der Waals surface area contributed by atoms with Gasteiger partial charge in [0.1, 0.15) is 0 Å². The van der Waals surface area contributed by atoms with Crippen LogP contribution in [0.5, 0.6) is 0 Å². The minimum atomic E-state index is 0.317. The molecule has 3 heterocycles. The summed E-state index contributed by atoms with van der Waals surface area (Å²) in [7, 11) is 0. The van der Waals surface area contributed by atoms with Gasteiger partial charge in [-0.1, -0.05) is 0 Å². The maximum atomic E-state index is 6.30. The normalized spacial score (nSPS) is 39.6. The summed E-state index contributed by atoms with van der Waals surface area (Å²) >= 11 is 0. The van der Waals surface area contributed by atoms with Crippen LogP contribution in [0.3, 0.4) is 0 Å². The Balaban J connectivity index is 1.37. The Kier molecular flexibility index (Phi) is 3.99. The van der Waals surface area contributed by atoms with Gasteiger partial charge < -0.3 is 15.5 Å². The van der Waals surface area contributed by atoms with Gasteiger partial charge in [0.15, 0.2) is 0 Å². The summed E-state index contributed by atoms with van der Waals surface area (Å²) < 4.78 is 0. The molecule has 4 heteroatoms. The number of fused-ring (bicyclic) bond motifs is 1. The minimum Gasteiger partial charge on any atom is -0.329 e. The van der Waals surface area contributed by atoms with E-state index in [9.17, 15) is 0 Å². The molecular formula is C17H32N4. The first kappa shape index (κ1) is 14.4. The van der Waals surface area contributed by atoms with Crippen molar-refractivity contribution in [2.75, 3.05) is 52.4 Å². The van der Waals surface area contributed by atoms with Gasteiger partial charge in [-0.15, -0.1) is 0 Å². The molecule has 4 nitrogen and oxygen atoms in total. The molecule has 0 aromatic rings. The van der Waals surface area contributed by atoms with Crippen LogP contribution in [0.4, 0.5) is 0 Å². The third kappa shape index (κ3) is 2.88. The van der Waals surface area contributed by atoms with E-state index in [0.717, 1.165) is 18.5 Å². The Hall–Kier alpha value is -0.160. The van der Waals surface area contributed by atoms with E-state index in [0.29, 0.717) is 5.54 Å². The predicted octanol–water partition coefficient (Wildman–Crippen LogP) is 0.970. The van der Waals surface area contributed by atoms with Crippen molar-refractivity contribution in [2.45, 2.75) is 50.1 Å². The zero-order valence-electron chi connectivity index (χ0n) is 13.5. The third-order valence-electron chi connectivity index (χ3n) is 6.62. The van der Waals surface area contributed by atoms with Gasteiger partial charge in [-0.2, -0.15) is 0 Å². The van der Waals surface area contributed by atoms with Crippen LogP contribution in [-0.2, 0) is 0 Å². The number of piperazine rings is 1. The van der Waals surface area contributed by atoms with E-state index in [1.807, 2.05) is 0 Å². The van der Waals surface area contributed by atoms with Crippen LogP contribution in [0, 0.1) is 5.92 Å². The molecule has 120 valence electrons. The lowest BCUT2D eigenvalue weighted by atomic mass is 9.81. The number of piperidine rings is 1. The summed E-state index contributed by atoms with van der Waals surface area (Å²) in [4.78, 5) is 8.19. The molecule has 1 aliphatic carbocycles. The smallest absolute Gasteiger partial charge is 0.0359 e. The molecule has 0 spiro atoms. The standard InChI is InChI=1S/C17H32N4/c18-14-17(5-7-20-6-1-2-16(20)12-17)21-10-8-19(9-11-21)13-15-3-4-15/h15-16H,1-14,18H2. The van der Waals surface area contributed by atoms with Gasteiger partial charge in [-0.05, 0) is 51.0 Å². The van der Waals surface area contributed by atoms with E-state index in [-0.39, 0.29) is 0 Å². The van der Waals surface area contributed by atoms with Gasteiger partial charge in [-0.25, -0.2) is 0 Å². The highest BCUT2D eigenvalue weighted by Gasteiger charge is 2.45. The molecule has 0 aromatic carbocycles. The van der Waals surface area contributed by atoms with E-state index < -0.39 is 0 Å². The van der Waals surface area contributed by atoms with Crippen molar-refractivity contribution in [2.24, 2.45) is 11.7 Å². The zero-order chi connectivity index (χ0) is 14.3. The van der Waals surface area contributed by atoms with Crippen LogP contribution in [0.1, 0.15) is 38.5 Å². The van der Waals surface area contributed by atoms with Crippen molar-refractivity contribution in [1.29, 1.82) is 0 Å². The van der Waals surface area contributed by atoms with Crippen LogP contribution < -0.4 is 5.73 Å². The van der Waals surface area contributed by atoms with Crippen molar-refractivity contribution in [1.82, 2.24) is 14.7 Å². The lowest BCUT2D eigenvalue weighted by Crippen LogP contribution is -2.64. The van der Waals surface area contributed by atoms with Crippen molar-refractivity contribution < 1.29 is 0 Å². The summed E-state index contributed by atoms with van der Waals surface area (Å²) in [6.45, 7) is 9.87. The highest BCUT2D eigenvalue weighted by Crippen LogP contribution is 2.37. The number of hydrogen-bond donors (Lipinski definition) is 1. The first-order chi connectivity index (χ1) is 10.3. The predicted molar refractivity (Wildman–Crippen MR) is 86.4 cm³/mol. The van der Waals surface area contributed by atoms with E-state index in [2.05, 4.69) is 14.7 Å². The van der Waals surface area contributed by atoms with E-state index in [1.54, 1.807) is 0 Å². The monoisotopic (exact) mass is 292 g/mol. The lowest BCUT2D eigenvalue weighted by molar-refractivity contribution is -0.0181. The molecule has 1 saturated carbocycles. The SMILES string of the molecule is NCC1(N2CCN(CC3CC3)CC2)CCN2CCCC2C1. The van der Waals surface area contributed by atoms with E-state index in [4.69, 9.17) is 5.73 Å². The Labute approximate surface area is 129 Å². The highest BCUT2D eigenvalue weighted by atomic mass is 15.3. The van der Waals surface area contributed by atoms with Crippen LogP contribution in [0.2, 0.25) is 0 Å². The molecule has 2 atom stereocenters. The summed E-state index contributed by atoms with van der Waals surface area (Å²) in [6.07, 6.45) is 8.38. The van der Waals surface area contributed by atoms with Crippen LogP contribution in [0.25, 0.3) is 0 Å². The number of rotatable bonds is 4. The molecule has 3 saturated heterocycles. The summed E-state index contributed by atoms with van der Waals surface area (Å²) in [5, 5.41) is 0. The fraction of sp³-hybridized carbons (Fsp3) is 1.00. The van der Waals surface area contributed by atoms with Gasteiger partial charge in [0.05, 0.1) is 0 Å². The molecule has 21 heavy (non-hydrogen) atoms. The molecule has 4 fully saturated rings. The van der Waals surface area contributed by atoms with Gasteiger partial charge in [0.2, 0.25) is 0 Å². The molecule has 0 amide bonds. The van der Waals surface area contributed by atoms with Gasteiger partial charge in [0, 0.05) is 57.4 Å². The third-order valence-corrected chi connectivity index (χ3v) is 6.62. The van der Waals surface area contributed by atoms with Gasteiger partial charge >= 0.3 is 0 Å². The quantitative estimate of drug-likeness (QED) is 0.837. The highest BCUT2D eigenvalue weighted by molar-refractivity contribution is 5.03. The first-order valence-electron chi connectivity index (χ1n) is 9.21. The molecule has 4 aliphatic rings. The Morgan fingerprint density at radius 2 is 1.76 bits per heavy atom. The molecule has 0 bridgehead atoms.